The maximum absolute atomic E-state index is 15.0. The third-order valence-corrected chi connectivity index (χ3v) is 7.81. The molecular formula is C26H25FN2O4S. The van der Waals surface area contributed by atoms with Crippen LogP contribution in [0.2, 0.25) is 0 Å². The minimum atomic E-state index is -4.27. The number of benzene rings is 3. The molecule has 0 fully saturated rings. The van der Waals surface area contributed by atoms with E-state index >= 15 is 0 Å². The molecule has 34 heavy (non-hydrogen) atoms. The first-order valence-electron chi connectivity index (χ1n) is 10.8. The Morgan fingerprint density at radius 3 is 2.24 bits per heavy atom. The molecule has 0 saturated heterocycles. The number of rotatable bonds is 6. The summed E-state index contributed by atoms with van der Waals surface area (Å²) in [5, 5.41) is 9.65. The van der Waals surface area contributed by atoms with Gasteiger partial charge in [0.15, 0.2) is 0 Å². The van der Waals surface area contributed by atoms with Gasteiger partial charge in [0.2, 0.25) is 9.84 Å². The van der Waals surface area contributed by atoms with Crippen LogP contribution in [0.4, 0.5) is 15.8 Å². The molecule has 0 amide bonds. The molecule has 176 valence electrons. The van der Waals surface area contributed by atoms with Gasteiger partial charge in [0.05, 0.1) is 22.7 Å². The van der Waals surface area contributed by atoms with E-state index in [0.717, 1.165) is 28.6 Å². The van der Waals surface area contributed by atoms with E-state index in [1.165, 1.54) is 18.2 Å². The summed E-state index contributed by atoms with van der Waals surface area (Å²) in [7, 11) is -2.39. The van der Waals surface area contributed by atoms with Crippen molar-refractivity contribution in [2.45, 2.75) is 43.0 Å². The Balaban J connectivity index is 1.81. The van der Waals surface area contributed by atoms with Gasteiger partial charge in [-0.3, -0.25) is 9.79 Å². The van der Waals surface area contributed by atoms with Gasteiger partial charge in [-0.1, -0.05) is 6.07 Å². The molecule has 1 unspecified atom stereocenters. The van der Waals surface area contributed by atoms with Crippen LogP contribution in [0.3, 0.4) is 0 Å². The fourth-order valence-corrected chi connectivity index (χ4v) is 5.94. The van der Waals surface area contributed by atoms with Crippen LogP contribution in [0.1, 0.15) is 24.5 Å². The largest absolute Gasteiger partial charge is 0.481 e. The molecule has 8 heteroatoms. The summed E-state index contributed by atoms with van der Waals surface area (Å²) in [4.78, 5) is 17.1. The van der Waals surface area contributed by atoms with E-state index < -0.39 is 39.0 Å². The number of nitrogens with zero attached hydrogens (tertiary/aromatic N) is 2. The zero-order valence-corrected chi connectivity index (χ0v) is 20.1. The van der Waals surface area contributed by atoms with Gasteiger partial charge in [0.1, 0.15) is 10.7 Å². The lowest BCUT2D eigenvalue weighted by molar-refractivity contribution is -0.135. The molecule has 6 nitrogen and oxygen atoms in total. The van der Waals surface area contributed by atoms with Crippen LogP contribution in [-0.2, 0) is 14.6 Å². The SMILES string of the molecule is Cc1cc(C)cc(N(C)c2ccc(S(=O)(=O)c3c(F)ccc4c3=C(CC(=O)O)C(C)N=4)cc2)c1. The van der Waals surface area contributed by atoms with E-state index in [1.54, 1.807) is 19.1 Å². The van der Waals surface area contributed by atoms with Gasteiger partial charge in [0, 0.05) is 23.6 Å². The lowest BCUT2D eigenvalue weighted by atomic mass is 10.0. The molecule has 1 aliphatic heterocycles. The Bertz CT molecular complexity index is 1510. The number of aliphatic carboxylic acids is 1. The first kappa shape index (κ1) is 23.6. The fraction of sp³-hybridized carbons (Fsp3) is 0.231. The molecule has 1 N–H and O–H groups in total. The van der Waals surface area contributed by atoms with E-state index in [2.05, 4.69) is 11.1 Å². The number of carboxylic acids is 1. The predicted molar refractivity (Wildman–Crippen MR) is 128 cm³/mol. The standard InChI is InChI=1S/C26H25FN2O4S/c1-15-11-16(2)13-19(12-15)29(4)18-5-7-20(8-6-18)34(32,33)26-22(27)9-10-23-25(26)21(14-24(30)31)17(3)28-23/h5-13,17H,14H2,1-4H3,(H,30,31). The summed E-state index contributed by atoms with van der Waals surface area (Å²) in [6.07, 6.45) is -0.413. The number of fused-ring (bicyclic) bond motifs is 1. The molecule has 0 aliphatic carbocycles. The van der Waals surface area contributed by atoms with Crippen molar-refractivity contribution in [1.29, 1.82) is 0 Å². The number of carboxylic acid groups (broad SMARTS) is 1. The minimum Gasteiger partial charge on any atom is -0.481 e. The Labute approximate surface area is 197 Å². The first-order valence-corrected chi connectivity index (χ1v) is 12.3. The Hall–Kier alpha value is -3.52. The third-order valence-electron chi connectivity index (χ3n) is 5.98. The van der Waals surface area contributed by atoms with E-state index in [0.29, 0.717) is 0 Å². The van der Waals surface area contributed by atoms with Gasteiger partial charge < -0.3 is 10.0 Å². The van der Waals surface area contributed by atoms with Crippen LogP contribution in [0.5, 0.6) is 0 Å². The smallest absolute Gasteiger partial charge is 0.307 e. The van der Waals surface area contributed by atoms with Crippen molar-refractivity contribution in [2.75, 3.05) is 11.9 Å². The Kier molecular flexibility index (Phi) is 6.03. The van der Waals surface area contributed by atoms with Crippen molar-refractivity contribution in [1.82, 2.24) is 0 Å². The second-order valence-corrected chi connectivity index (χ2v) is 10.5. The second kappa shape index (κ2) is 8.68. The average Bonchev–Trinajstić information content (AvgIpc) is 3.07. The minimum absolute atomic E-state index is 0.0614. The van der Waals surface area contributed by atoms with Crippen LogP contribution >= 0.6 is 0 Å². The van der Waals surface area contributed by atoms with E-state index in [4.69, 9.17) is 0 Å². The topological polar surface area (TPSA) is 87.0 Å². The van der Waals surface area contributed by atoms with Gasteiger partial charge in [-0.05, 0) is 86.0 Å². The highest BCUT2D eigenvalue weighted by atomic mass is 32.2. The third kappa shape index (κ3) is 4.21. The monoisotopic (exact) mass is 480 g/mol. The zero-order chi connectivity index (χ0) is 24.8. The van der Waals surface area contributed by atoms with Crippen molar-refractivity contribution in [2.24, 2.45) is 4.99 Å². The molecule has 3 aromatic rings. The number of anilines is 2. The number of hydrogen-bond donors (Lipinski definition) is 1. The van der Waals surface area contributed by atoms with E-state index in [-0.39, 0.29) is 21.0 Å². The molecule has 0 spiro atoms. The summed E-state index contributed by atoms with van der Waals surface area (Å²) in [6, 6.07) is 14.3. The highest BCUT2D eigenvalue weighted by molar-refractivity contribution is 7.91. The van der Waals surface area contributed by atoms with E-state index in [1.807, 2.05) is 37.9 Å². The molecule has 0 bridgehead atoms. The number of sulfone groups is 1. The average molecular weight is 481 g/mol. The summed E-state index contributed by atoms with van der Waals surface area (Å²) < 4.78 is 42.1. The van der Waals surface area contributed by atoms with Crippen molar-refractivity contribution in [3.05, 3.63) is 82.1 Å². The van der Waals surface area contributed by atoms with Gasteiger partial charge in [-0.25, -0.2) is 12.8 Å². The summed E-state index contributed by atoms with van der Waals surface area (Å²) in [6.45, 7) is 5.69. The molecule has 1 aliphatic rings. The van der Waals surface area contributed by atoms with Crippen LogP contribution in [0.15, 0.2) is 69.4 Å². The van der Waals surface area contributed by atoms with Crippen molar-refractivity contribution in [3.63, 3.8) is 0 Å². The van der Waals surface area contributed by atoms with E-state index in [9.17, 15) is 22.7 Å². The molecule has 3 aromatic carbocycles. The Morgan fingerprint density at radius 2 is 1.65 bits per heavy atom. The molecule has 4 rings (SSSR count). The highest BCUT2D eigenvalue weighted by Gasteiger charge is 2.29. The van der Waals surface area contributed by atoms with Gasteiger partial charge in [0.25, 0.3) is 0 Å². The number of hydrogen-bond acceptors (Lipinski definition) is 5. The maximum atomic E-state index is 15.0. The summed E-state index contributed by atoms with van der Waals surface area (Å²) in [5.74, 6) is -2.06. The fourth-order valence-electron chi connectivity index (χ4n) is 4.38. The molecule has 0 saturated carbocycles. The molecular weight excluding hydrogens is 455 g/mol. The lowest BCUT2D eigenvalue weighted by Crippen LogP contribution is -2.32. The normalized spacial score (nSPS) is 15.1. The Morgan fingerprint density at radius 1 is 1.03 bits per heavy atom. The van der Waals surface area contributed by atoms with Crippen LogP contribution in [0.25, 0.3) is 5.57 Å². The summed E-state index contributed by atoms with van der Waals surface area (Å²) in [5.41, 5.74) is 4.24. The quantitative estimate of drug-likeness (QED) is 0.582. The second-order valence-electron chi connectivity index (χ2n) is 8.57. The molecule has 0 radical (unpaired) electrons. The van der Waals surface area contributed by atoms with Crippen LogP contribution < -0.4 is 15.5 Å². The van der Waals surface area contributed by atoms with Crippen molar-refractivity contribution in [3.8, 4) is 0 Å². The van der Waals surface area contributed by atoms with Crippen molar-refractivity contribution >= 4 is 32.8 Å². The number of halogens is 1. The zero-order valence-electron chi connectivity index (χ0n) is 19.3. The summed E-state index contributed by atoms with van der Waals surface area (Å²) >= 11 is 0. The van der Waals surface area contributed by atoms with Crippen LogP contribution in [0, 0.1) is 19.7 Å². The van der Waals surface area contributed by atoms with Crippen LogP contribution in [-0.4, -0.2) is 32.6 Å². The molecule has 0 aromatic heterocycles. The number of aryl methyl sites for hydroxylation is 2. The maximum Gasteiger partial charge on any atom is 0.307 e. The first-order chi connectivity index (χ1) is 16.0. The van der Waals surface area contributed by atoms with Gasteiger partial charge in [-0.2, -0.15) is 0 Å². The lowest BCUT2D eigenvalue weighted by Gasteiger charge is -2.21. The van der Waals surface area contributed by atoms with Gasteiger partial charge >= 0.3 is 5.97 Å². The highest BCUT2D eigenvalue weighted by Crippen LogP contribution is 2.29. The molecule has 1 atom stereocenters. The van der Waals surface area contributed by atoms with Crippen molar-refractivity contribution < 1.29 is 22.7 Å². The van der Waals surface area contributed by atoms with Gasteiger partial charge in [-0.15, -0.1) is 0 Å². The molecule has 1 heterocycles. The number of carbonyl (C=O) groups is 1. The predicted octanol–water partition coefficient (Wildman–Crippen LogP) is 3.69.